The normalized spacial score (nSPS) is 11.5. The number of ether oxygens (including phenoxy) is 2. The van der Waals surface area contributed by atoms with Crippen LogP contribution >= 0.6 is 11.6 Å². The topological polar surface area (TPSA) is 90.7 Å². The van der Waals surface area contributed by atoms with E-state index in [1.165, 1.54) is 19.2 Å². The fourth-order valence-electron chi connectivity index (χ4n) is 2.21. The highest BCUT2D eigenvalue weighted by Gasteiger charge is 2.18. The summed E-state index contributed by atoms with van der Waals surface area (Å²) < 4.78 is 10.1. The standard InChI is InChI=1S/C18H19ClN2O4/c1-11(12-6-4-3-5-7-12)21-17(22)10-25-18(23)13-8-14(19)15(20)9-16(13)24-2/h3-9,11H,10,20H2,1-2H3,(H,21,22)/t11-/m0/s1. The second-order valence-corrected chi connectivity index (χ2v) is 5.76. The Balaban J connectivity index is 1.96. The lowest BCUT2D eigenvalue weighted by atomic mass is 10.1. The molecule has 0 aliphatic heterocycles. The summed E-state index contributed by atoms with van der Waals surface area (Å²) in [6.07, 6.45) is 0. The van der Waals surface area contributed by atoms with Gasteiger partial charge in [0, 0.05) is 6.07 Å². The molecule has 2 aromatic carbocycles. The van der Waals surface area contributed by atoms with Gasteiger partial charge in [0.1, 0.15) is 11.3 Å². The third-order valence-corrected chi connectivity index (χ3v) is 3.88. The first-order valence-corrected chi connectivity index (χ1v) is 7.94. The van der Waals surface area contributed by atoms with Gasteiger partial charge < -0.3 is 20.5 Å². The lowest BCUT2D eigenvalue weighted by Gasteiger charge is -2.15. The van der Waals surface area contributed by atoms with Crippen molar-refractivity contribution in [2.75, 3.05) is 19.5 Å². The van der Waals surface area contributed by atoms with E-state index in [1.807, 2.05) is 37.3 Å². The lowest BCUT2D eigenvalue weighted by molar-refractivity contribution is -0.124. The summed E-state index contributed by atoms with van der Waals surface area (Å²) in [6, 6.07) is 12.0. The molecule has 3 N–H and O–H groups in total. The largest absolute Gasteiger partial charge is 0.496 e. The van der Waals surface area contributed by atoms with Crippen molar-refractivity contribution < 1.29 is 19.1 Å². The Labute approximate surface area is 150 Å². The summed E-state index contributed by atoms with van der Waals surface area (Å²) in [6.45, 7) is 1.43. The molecule has 2 rings (SSSR count). The minimum atomic E-state index is -0.721. The van der Waals surface area contributed by atoms with Crippen LogP contribution in [-0.4, -0.2) is 25.6 Å². The van der Waals surface area contributed by atoms with Gasteiger partial charge in [-0.3, -0.25) is 4.79 Å². The zero-order chi connectivity index (χ0) is 18.4. The maximum Gasteiger partial charge on any atom is 0.342 e. The van der Waals surface area contributed by atoms with Crippen molar-refractivity contribution in [2.45, 2.75) is 13.0 Å². The van der Waals surface area contributed by atoms with Crippen LogP contribution in [0.15, 0.2) is 42.5 Å². The van der Waals surface area contributed by atoms with Gasteiger partial charge >= 0.3 is 5.97 Å². The molecule has 0 aliphatic rings. The molecule has 0 aliphatic carbocycles. The molecular formula is C18H19ClN2O4. The minimum Gasteiger partial charge on any atom is -0.496 e. The van der Waals surface area contributed by atoms with Crippen molar-refractivity contribution in [2.24, 2.45) is 0 Å². The van der Waals surface area contributed by atoms with Gasteiger partial charge in [0.05, 0.1) is 23.9 Å². The van der Waals surface area contributed by atoms with Gasteiger partial charge in [-0.15, -0.1) is 0 Å². The monoisotopic (exact) mass is 362 g/mol. The first-order valence-electron chi connectivity index (χ1n) is 7.56. The van der Waals surface area contributed by atoms with Crippen molar-refractivity contribution >= 4 is 29.2 Å². The first kappa shape index (κ1) is 18.6. The average Bonchev–Trinajstić information content (AvgIpc) is 2.62. The van der Waals surface area contributed by atoms with E-state index < -0.39 is 18.5 Å². The van der Waals surface area contributed by atoms with E-state index in [-0.39, 0.29) is 28.1 Å². The number of halogens is 1. The molecule has 0 heterocycles. The van der Waals surface area contributed by atoms with Crippen LogP contribution in [0.1, 0.15) is 28.9 Å². The van der Waals surface area contributed by atoms with Crippen molar-refractivity contribution in [3.8, 4) is 5.75 Å². The van der Waals surface area contributed by atoms with E-state index in [9.17, 15) is 9.59 Å². The number of methoxy groups -OCH3 is 1. The van der Waals surface area contributed by atoms with Crippen LogP contribution in [-0.2, 0) is 9.53 Å². The number of benzene rings is 2. The van der Waals surface area contributed by atoms with Gasteiger partial charge in [-0.1, -0.05) is 41.9 Å². The van der Waals surface area contributed by atoms with Crippen LogP contribution in [0.3, 0.4) is 0 Å². The number of esters is 1. The summed E-state index contributed by atoms with van der Waals surface area (Å²) in [5, 5.41) is 2.96. The molecule has 0 unspecified atom stereocenters. The number of nitrogens with one attached hydrogen (secondary N) is 1. The Morgan fingerprint density at radius 3 is 2.56 bits per heavy atom. The molecule has 2 aromatic rings. The number of nitrogens with two attached hydrogens (primary N) is 1. The number of hydrogen-bond acceptors (Lipinski definition) is 5. The van der Waals surface area contributed by atoms with Crippen molar-refractivity contribution in [3.63, 3.8) is 0 Å². The zero-order valence-corrected chi connectivity index (χ0v) is 14.7. The number of carbonyl (C=O) groups excluding carboxylic acids is 2. The van der Waals surface area contributed by atoms with E-state index in [0.717, 1.165) is 5.56 Å². The highest BCUT2D eigenvalue weighted by Crippen LogP contribution is 2.29. The third kappa shape index (κ3) is 4.87. The second kappa shape index (κ2) is 8.39. The van der Waals surface area contributed by atoms with Gasteiger partial charge in [-0.2, -0.15) is 0 Å². The summed E-state index contributed by atoms with van der Waals surface area (Å²) in [7, 11) is 1.40. The molecule has 0 bridgehead atoms. The van der Waals surface area contributed by atoms with Crippen LogP contribution in [0.4, 0.5) is 5.69 Å². The molecular weight excluding hydrogens is 344 g/mol. The maximum absolute atomic E-state index is 12.2. The maximum atomic E-state index is 12.2. The van der Waals surface area contributed by atoms with Crippen LogP contribution in [0.25, 0.3) is 0 Å². The number of rotatable bonds is 6. The Bertz CT molecular complexity index is 765. The average molecular weight is 363 g/mol. The SMILES string of the molecule is COc1cc(N)c(Cl)cc1C(=O)OCC(=O)N[C@@H](C)c1ccccc1. The third-order valence-electron chi connectivity index (χ3n) is 3.55. The summed E-state index contributed by atoms with van der Waals surface area (Å²) in [4.78, 5) is 24.1. The van der Waals surface area contributed by atoms with Crippen molar-refractivity contribution in [1.82, 2.24) is 5.32 Å². The highest BCUT2D eigenvalue weighted by molar-refractivity contribution is 6.33. The number of anilines is 1. The number of amides is 1. The van der Waals surface area contributed by atoms with E-state index in [1.54, 1.807) is 0 Å². The van der Waals surface area contributed by atoms with E-state index >= 15 is 0 Å². The summed E-state index contributed by atoms with van der Waals surface area (Å²) >= 11 is 5.92. The molecule has 25 heavy (non-hydrogen) atoms. The summed E-state index contributed by atoms with van der Waals surface area (Å²) in [5.74, 6) is -0.906. The van der Waals surface area contributed by atoms with Crippen LogP contribution in [0, 0.1) is 0 Å². The quantitative estimate of drug-likeness (QED) is 0.609. The van der Waals surface area contributed by atoms with Gasteiger partial charge in [0.25, 0.3) is 5.91 Å². The smallest absolute Gasteiger partial charge is 0.342 e. The molecule has 132 valence electrons. The Kier molecular flexibility index (Phi) is 6.25. The first-order chi connectivity index (χ1) is 11.9. The predicted octanol–water partition coefficient (Wildman–Crippen LogP) is 2.97. The van der Waals surface area contributed by atoms with Crippen molar-refractivity contribution in [1.29, 1.82) is 0 Å². The Morgan fingerprint density at radius 2 is 1.92 bits per heavy atom. The number of hydrogen-bond donors (Lipinski definition) is 2. The van der Waals surface area contributed by atoms with E-state index in [2.05, 4.69) is 5.32 Å². The van der Waals surface area contributed by atoms with Gasteiger partial charge in [0.15, 0.2) is 6.61 Å². The number of carbonyl (C=O) groups is 2. The molecule has 0 fully saturated rings. The predicted molar refractivity (Wildman–Crippen MR) is 95.7 cm³/mol. The molecule has 1 atom stereocenters. The number of nitrogen functional groups attached to an aromatic ring is 1. The minimum absolute atomic E-state index is 0.102. The van der Waals surface area contributed by atoms with Gasteiger partial charge in [0.2, 0.25) is 0 Å². The fourth-order valence-corrected chi connectivity index (χ4v) is 2.38. The molecule has 1 amide bonds. The van der Waals surface area contributed by atoms with Crippen LogP contribution < -0.4 is 15.8 Å². The molecule has 6 nitrogen and oxygen atoms in total. The van der Waals surface area contributed by atoms with Crippen LogP contribution in [0.5, 0.6) is 5.75 Å². The van der Waals surface area contributed by atoms with E-state index in [0.29, 0.717) is 0 Å². The van der Waals surface area contributed by atoms with Gasteiger partial charge in [-0.05, 0) is 18.6 Å². The van der Waals surface area contributed by atoms with Crippen LogP contribution in [0.2, 0.25) is 5.02 Å². The Hall–Kier alpha value is -2.73. The fraction of sp³-hybridized carbons (Fsp3) is 0.222. The lowest BCUT2D eigenvalue weighted by Crippen LogP contribution is -2.31. The molecule has 0 spiro atoms. The molecule has 0 radical (unpaired) electrons. The van der Waals surface area contributed by atoms with Gasteiger partial charge in [-0.25, -0.2) is 4.79 Å². The zero-order valence-electron chi connectivity index (χ0n) is 13.9. The second-order valence-electron chi connectivity index (χ2n) is 5.35. The molecule has 0 saturated heterocycles. The van der Waals surface area contributed by atoms with E-state index in [4.69, 9.17) is 26.8 Å². The summed E-state index contributed by atoms with van der Waals surface area (Å²) in [5.41, 5.74) is 7.01. The van der Waals surface area contributed by atoms with Crippen molar-refractivity contribution in [3.05, 3.63) is 58.6 Å². The Morgan fingerprint density at radius 1 is 1.24 bits per heavy atom. The highest BCUT2D eigenvalue weighted by atomic mass is 35.5. The molecule has 0 saturated carbocycles. The molecule has 0 aromatic heterocycles. The molecule has 7 heteroatoms.